The molecule has 0 saturated carbocycles. The fourth-order valence-corrected chi connectivity index (χ4v) is 5.23. The minimum absolute atomic E-state index is 0.0440. The van der Waals surface area contributed by atoms with Gasteiger partial charge >= 0.3 is 5.97 Å². The molecule has 0 aliphatic carbocycles. The molecule has 2 aromatic heterocycles. The smallest absolute Gasteiger partial charge is 0.305 e. The summed E-state index contributed by atoms with van der Waals surface area (Å²) in [5.41, 5.74) is 4.65. The van der Waals surface area contributed by atoms with Crippen LogP contribution in [0.5, 0.6) is 0 Å². The lowest BCUT2D eigenvalue weighted by Crippen LogP contribution is -2.47. The number of allylic oxidation sites excluding steroid dienone is 3. The molecule has 2 saturated heterocycles. The van der Waals surface area contributed by atoms with Crippen LogP contribution in [-0.2, 0) is 9.59 Å². The van der Waals surface area contributed by atoms with Gasteiger partial charge in [-0.3, -0.25) is 19.9 Å². The number of hydrogen-bond acceptors (Lipinski definition) is 6. The van der Waals surface area contributed by atoms with Crippen LogP contribution in [0, 0.1) is 5.92 Å². The third-order valence-electron chi connectivity index (χ3n) is 6.99. The molecule has 8 nitrogen and oxygen atoms in total. The van der Waals surface area contributed by atoms with Crippen LogP contribution in [0.15, 0.2) is 52.4 Å². The van der Waals surface area contributed by atoms with Gasteiger partial charge in [-0.2, -0.15) is 0 Å². The van der Waals surface area contributed by atoms with Gasteiger partial charge in [-0.15, -0.1) is 0 Å². The second kappa shape index (κ2) is 9.39. The molecule has 174 valence electrons. The summed E-state index contributed by atoms with van der Waals surface area (Å²) in [6, 6.07) is 3.03. The van der Waals surface area contributed by atoms with Crippen molar-refractivity contribution >= 4 is 23.0 Å². The highest BCUT2D eigenvalue weighted by Gasteiger charge is 2.37. The highest BCUT2D eigenvalue weighted by Crippen LogP contribution is 2.34. The maximum atomic E-state index is 13.2. The Morgan fingerprint density at radius 3 is 3.15 bits per heavy atom. The predicted octanol–water partition coefficient (Wildman–Crippen LogP) is 3.49. The topological polar surface area (TPSA) is 108 Å². The van der Waals surface area contributed by atoms with Gasteiger partial charge < -0.3 is 19.7 Å². The third-order valence-corrected chi connectivity index (χ3v) is 6.99. The second-order valence-corrected chi connectivity index (χ2v) is 9.16. The molecular formula is C25H30N4O4. The van der Waals surface area contributed by atoms with Crippen LogP contribution in [-0.4, -0.2) is 46.1 Å². The molecule has 33 heavy (non-hydrogen) atoms. The van der Waals surface area contributed by atoms with Gasteiger partial charge in [0.25, 0.3) is 0 Å². The highest BCUT2D eigenvalue weighted by molar-refractivity contribution is 5.82. The average Bonchev–Trinajstić information content (AvgIpc) is 3.43. The lowest BCUT2D eigenvalue weighted by atomic mass is 9.96. The number of fused-ring (bicyclic) bond motifs is 2. The number of rotatable bonds is 8. The molecule has 0 bridgehead atoms. The van der Waals surface area contributed by atoms with Crippen molar-refractivity contribution in [3.63, 3.8) is 0 Å². The van der Waals surface area contributed by atoms with Crippen LogP contribution in [0.4, 0.5) is 0 Å². The lowest BCUT2D eigenvalue weighted by Gasteiger charge is -2.32. The van der Waals surface area contributed by atoms with E-state index in [0.29, 0.717) is 17.7 Å². The zero-order chi connectivity index (χ0) is 22.8. The Balaban J connectivity index is 1.21. The Hall–Kier alpha value is -3.13. The van der Waals surface area contributed by atoms with E-state index in [1.165, 1.54) is 17.7 Å². The summed E-state index contributed by atoms with van der Waals surface area (Å²) in [5, 5.41) is 16.6. The van der Waals surface area contributed by atoms with Gasteiger partial charge in [-0.25, -0.2) is 0 Å². The van der Waals surface area contributed by atoms with Crippen LogP contribution in [0.2, 0.25) is 0 Å². The van der Waals surface area contributed by atoms with Crippen molar-refractivity contribution in [2.24, 2.45) is 5.92 Å². The number of aromatic nitrogens is 1. The van der Waals surface area contributed by atoms with Gasteiger partial charge in [0.1, 0.15) is 5.52 Å². The first kappa shape index (κ1) is 21.7. The van der Waals surface area contributed by atoms with Crippen molar-refractivity contribution in [1.29, 1.82) is 0 Å². The largest absolute Gasteiger partial charge is 0.481 e. The molecule has 3 N–H and O–H groups in total. The van der Waals surface area contributed by atoms with E-state index in [1.54, 1.807) is 29.5 Å². The Bertz CT molecular complexity index is 1100. The van der Waals surface area contributed by atoms with Gasteiger partial charge in [-0.05, 0) is 68.3 Å². The van der Waals surface area contributed by atoms with Crippen LogP contribution in [0.25, 0.3) is 11.1 Å². The maximum absolute atomic E-state index is 13.2. The standard InChI is InChI=1S/C25H30N4O4/c30-23(31)14-21(18-13-22-20(27-15-18)9-12-33-22)29-11-8-17(25(29)32)3-1-5-19-7-6-16-4-2-10-26-24(16)28-19/h6-7,9,12-13,15,17,21,24,26,28H,1-5,8,10-11,14H2,(H,30,31). The summed E-state index contributed by atoms with van der Waals surface area (Å²) in [4.78, 5) is 30.9. The van der Waals surface area contributed by atoms with E-state index >= 15 is 0 Å². The Labute approximate surface area is 192 Å². The van der Waals surface area contributed by atoms with Gasteiger partial charge in [0.2, 0.25) is 5.91 Å². The molecule has 0 spiro atoms. The number of amides is 1. The molecule has 3 aliphatic heterocycles. The molecule has 5 heterocycles. The summed E-state index contributed by atoms with van der Waals surface area (Å²) in [6.45, 7) is 1.60. The Morgan fingerprint density at radius 1 is 1.36 bits per heavy atom. The molecule has 3 atom stereocenters. The van der Waals surface area contributed by atoms with Crippen LogP contribution < -0.4 is 10.6 Å². The van der Waals surface area contributed by atoms with Crippen molar-refractivity contribution in [2.45, 2.75) is 57.2 Å². The molecule has 1 amide bonds. The SMILES string of the molecule is O=C(O)CC(c1cnc2ccoc2c1)N1CCC(CCCC2=CC=C3CCCNC3N2)C1=O. The first-order valence-electron chi connectivity index (χ1n) is 11.8. The van der Waals surface area contributed by atoms with Gasteiger partial charge in [0, 0.05) is 30.4 Å². The quantitative estimate of drug-likeness (QED) is 0.565. The minimum atomic E-state index is -0.935. The van der Waals surface area contributed by atoms with Crippen molar-refractivity contribution in [2.75, 3.05) is 13.1 Å². The van der Waals surface area contributed by atoms with Crippen LogP contribution in [0.3, 0.4) is 0 Å². The Kier molecular flexibility index (Phi) is 6.17. The first-order chi connectivity index (χ1) is 16.1. The summed E-state index contributed by atoms with van der Waals surface area (Å²) >= 11 is 0. The first-order valence-corrected chi connectivity index (χ1v) is 11.8. The number of carboxylic acid groups (broad SMARTS) is 1. The number of aliphatic carboxylic acids is 1. The van der Waals surface area contributed by atoms with E-state index in [2.05, 4.69) is 27.8 Å². The van der Waals surface area contributed by atoms with E-state index < -0.39 is 12.0 Å². The van der Waals surface area contributed by atoms with Crippen LogP contribution in [0.1, 0.15) is 56.6 Å². The molecule has 3 aliphatic rings. The number of nitrogens with one attached hydrogen (secondary N) is 2. The summed E-state index contributed by atoms with van der Waals surface area (Å²) in [6.07, 6.45) is 13.4. The molecule has 5 rings (SSSR count). The van der Waals surface area contributed by atoms with Crippen molar-refractivity contribution in [1.82, 2.24) is 20.5 Å². The number of piperidine rings is 1. The van der Waals surface area contributed by atoms with Crippen molar-refractivity contribution < 1.29 is 19.1 Å². The number of hydrogen-bond donors (Lipinski definition) is 3. The lowest BCUT2D eigenvalue weighted by molar-refractivity contribution is -0.140. The second-order valence-electron chi connectivity index (χ2n) is 9.16. The number of carbonyl (C=O) groups excluding carboxylic acids is 1. The van der Waals surface area contributed by atoms with Crippen molar-refractivity contribution in [3.05, 3.63) is 53.6 Å². The van der Waals surface area contributed by atoms with E-state index in [0.717, 1.165) is 44.2 Å². The number of carboxylic acids is 1. The van der Waals surface area contributed by atoms with Crippen molar-refractivity contribution in [3.8, 4) is 0 Å². The number of furan rings is 1. The van der Waals surface area contributed by atoms with Gasteiger partial charge in [0.05, 0.1) is 24.9 Å². The summed E-state index contributed by atoms with van der Waals surface area (Å²) in [5.74, 6) is -0.956. The van der Waals surface area contributed by atoms with Crippen LogP contribution >= 0.6 is 0 Å². The fourth-order valence-electron chi connectivity index (χ4n) is 5.23. The Morgan fingerprint density at radius 2 is 2.27 bits per heavy atom. The van der Waals surface area contributed by atoms with E-state index in [-0.39, 0.29) is 24.4 Å². The number of likely N-dealkylation sites (tertiary alicyclic amines) is 1. The molecular weight excluding hydrogens is 420 g/mol. The molecule has 2 aromatic rings. The number of pyridine rings is 1. The number of nitrogens with zero attached hydrogens (tertiary/aromatic N) is 2. The van der Waals surface area contributed by atoms with E-state index in [1.807, 2.05) is 0 Å². The monoisotopic (exact) mass is 450 g/mol. The number of carbonyl (C=O) groups is 2. The van der Waals surface area contributed by atoms with Gasteiger partial charge in [-0.1, -0.05) is 6.08 Å². The van der Waals surface area contributed by atoms with Gasteiger partial charge in [0.15, 0.2) is 5.58 Å². The zero-order valence-electron chi connectivity index (χ0n) is 18.6. The molecule has 8 heteroatoms. The van der Waals surface area contributed by atoms with E-state index in [9.17, 15) is 14.7 Å². The summed E-state index contributed by atoms with van der Waals surface area (Å²) < 4.78 is 5.43. The zero-order valence-corrected chi connectivity index (χ0v) is 18.6. The minimum Gasteiger partial charge on any atom is -0.481 e. The normalized spacial score (nSPS) is 23.6. The molecule has 0 aromatic carbocycles. The highest BCUT2D eigenvalue weighted by atomic mass is 16.4. The molecule has 0 radical (unpaired) electrons. The third kappa shape index (κ3) is 4.66. The summed E-state index contributed by atoms with van der Waals surface area (Å²) in [7, 11) is 0. The fraction of sp³-hybridized carbons (Fsp3) is 0.480. The number of dihydropyridines is 1. The average molecular weight is 451 g/mol. The van der Waals surface area contributed by atoms with E-state index in [4.69, 9.17) is 4.42 Å². The predicted molar refractivity (Wildman–Crippen MR) is 123 cm³/mol. The molecule has 2 fully saturated rings. The molecule has 3 unspecified atom stereocenters. The maximum Gasteiger partial charge on any atom is 0.305 e.